The molecule has 1 spiro atoms. The summed E-state index contributed by atoms with van der Waals surface area (Å²) in [5, 5.41) is 7.12. The lowest BCUT2D eigenvalue weighted by atomic mass is 9.92. The molecule has 2 aliphatic rings. The first kappa shape index (κ1) is 26.2. The minimum atomic E-state index is -5.08. The number of aliphatic carboxylic acids is 1. The van der Waals surface area contributed by atoms with E-state index in [1.165, 1.54) is 0 Å². The Labute approximate surface area is 201 Å². The molecule has 2 aromatic carbocycles. The smallest absolute Gasteiger partial charge is 0.475 e. The molecule has 2 heterocycles. The third-order valence-corrected chi connectivity index (χ3v) is 6.33. The van der Waals surface area contributed by atoms with Gasteiger partial charge in [-0.3, -0.25) is 14.5 Å². The van der Waals surface area contributed by atoms with Crippen LogP contribution in [0.15, 0.2) is 48.5 Å². The van der Waals surface area contributed by atoms with Crippen LogP contribution in [0.3, 0.4) is 0 Å². The molecular weight excluding hydrogens is 463 g/mol. The lowest BCUT2D eigenvalue weighted by molar-refractivity contribution is -0.192. The Bertz CT molecular complexity index is 1090. The van der Waals surface area contributed by atoms with Crippen LogP contribution in [-0.2, 0) is 9.59 Å². The summed E-state index contributed by atoms with van der Waals surface area (Å²) < 4.78 is 31.7. The number of carboxylic acid groups (broad SMARTS) is 1. The van der Waals surface area contributed by atoms with E-state index in [1.807, 2.05) is 73.2 Å². The highest BCUT2D eigenvalue weighted by Crippen LogP contribution is 2.34. The van der Waals surface area contributed by atoms with E-state index in [0.717, 1.165) is 28.8 Å². The average Bonchev–Trinajstić information content (AvgIpc) is 3.21. The van der Waals surface area contributed by atoms with Gasteiger partial charge in [0.05, 0.1) is 12.1 Å². The molecule has 2 aromatic rings. The molecule has 0 saturated carbocycles. The van der Waals surface area contributed by atoms with Crippen LogP contribution in [-0.4, -0.2) is 77.6 Å². The molecule has 2 saturated heterocycles. The second kappa shape index (κ2) is 10.1. The summed E-state index contributed by atoms with van der Waals surface area (Å²) in [4.78, 5) is 40.7. The second-order valence-electron chi connectivity index (χ2n) is 9.05. The average molecular weight is 492 g/mol. The highest BCUT2D eigenvalue weighted by Gasteiger charge is 2.48. The van der Waals surface area contributed by atoms with Gasteiger partial charge in [-0.1, -0.05) is 35.4 Å². The van der Waals surface area contributed by atoms with Gasteiger partial charge in [0, 0.05) is 30.9 Å². The van der Waals surface area contributed by atoms with Gasteiger partial charge in [0.15, 0.2) is 0 Å². The van der Waals surface area contributed by atoms with Crippen molar-refractivity contribution in [2.24, 2.45) is 0 Å². The molecule has 2 amide bonds. The number of amides is 2. The number of alkyl halides is 3. The molecule has 35 heavy (non-hydrogen) atoms. The highest BCUT2D eigenvalue weighted by molar-refractivity contribution is 5.97. The van der Waals surface area contributed by atoms with E-state index in [-0.39, 0.29) is 17.4 Å². The maximum Gasteiger partial charge on any atom is 0.490 e. The molecule has 0 aliphatic carbocycles. The Kier molecular flexibility index (Phi) is 7.54. The Balaban J connectivity index is 0.000000429. The number of piperazine rings is 1. The first-order chi connectivity index (χ1) is 16.3. The number of carbonyl (C=O) groups is 3. The Morgan fingerprint density at radius 3 is 2.11 bits per heavy atom. The summed E-state index contributed by atoms with van der Waals surface area (Å²) in [5.74, 6) is -2.56. The molecule has 10 heteroatoms. The molecule has 1 N–H and O–H groups in total. The maximum absolute atomic E-state index is 13.1. The third kappa shape index (κ3) is 6.00. The number of hydrogen-bond donors (Lipinski definition) is 1. The molecule has 4 rings (SSSR count). The third-order valence-electron chi connectivity index (χ3n) is 6.33. The van der Waals surface area contributed by atoms with E-state index < -0.39 is 12.1 Å². The standard InChI is InChI=1S/C23H27N3O2.C2HF3O2/c1-17-11-18(2)13-19(12-17)22(28)25-10-9-23(15-25)16-26(21(27)14-24(23)3)20-7-5-4-6-8-20;3-2(4,5)1(6)7/h4-8,11-13H,9-10,14-16H2,1-3H3;(H,6,7). The first-order valence-electron chi connectivity index (χ1n) is 11.1. The molecule has 0 bridgehead atoms. The van der Waals surface area contributed by atoms with Crippen molar-refractivity contribution in [2.75, 3.05) is 38.1 Å². The molecule has 7 nitrogen and oxygen atoms in total. The van der Waals surface area contributed by atoms with E-state index >= 15 is 0 Å². The number of likely N-dealkylation sites (tertiary alicyclic amines) is 1. The Morgan fingerprint density at radius 1 is 1.00 bits per heavy atom. The van der Waals surface area contributed by atoms with Gasteiger partial charge in [-0.15, -0.1) is 0 Å². The number of nitrogens with zero attached hydrogens (tertiary/aromatic N) is 3. The van der Waals surface area contributed by atoms with Crippen LogP contribution in [0.25, 0.3) is 0 Å². The van der Waals surface area contributed by atoms with Crippen molar-refractivity contribution in [2.45, 2.75) is 32.0 Å². The normalized spacial score (nSPS) is 20.6. The molecule has 188 valence electrons. The van der Waals surface area contributed by atoms with Gasteiger partial charge < -0.3 is 14.9 Å². The summed E-state index contributed by atoms with van der Waals surface area (Å²) in [6, 6.07) is 15.8. The van der Waals surface area contributed by atoms with Crippen LogP contribution in [0.2, 0.25) is 0 Å². The zero-order valence-corrected chi connectivity index (χ0v) is 19.8. The summed E-state index contributed by atoms with van der Waals surface area (Å²) >= 11 is 0. The van der Waals surface area contributed by atoms with Gasteiger partial charge in [0.2, 0.25) is 5.91 Å². The number of carboxylic acids is 1. The van der Waals surface area contributed by atoms with E-state index in [2.05, 4.69) is 11.0 Å². The number of rotatable bonds is 2. The quantitative estimate of drug-likeness (QED) is 0.696. The van der Waals surface area contributed by atoms with Crippen molar-refractivity contribution in [3.05, 3.63) is 65.2 Å². The lowest BCUT2D eigenvalue weighted by Gasteiger charge is -2.46. The van der Waals surface area contributed by atoms with Crippen molar-refractivity contribution in [1.82, 2.24) is 9.80 Å². The minimum absolute atomic E-state index is 0.0836. The minimum Gasteiger partial charge on any atom is -0.475 e. The largest absolute Gasteiger partial charge is 0.490 e. The van der Waals surface area contributed by atoms with E-state index in [1.54, 1.807) is 0 Å². The number of aryl methyl sites for hydroxylation is 2. The SMILES string of the molecule is Cc1cc(C)cc(C(=O)N2CCC3(C2)CN(c2ccccc2)C(=O)CN3C)c1.O=C(O)C(F)(F)F. The van der Waals surface area contributed by atoms with Crippen LogP contribution < -0.4 is 4.90 Å². The molecule has 1 unspecified atom stereocenters. The van der Waals surface area contributed by atoms with Crippen LogP contribution in [0.5, 0.6) is 0 Å². The highest BCUT2D eigenvalue weighted by atomic mass is 19.4. The summed E-state index contributed by atoms with van der Waals surface area (Å²) in [6.45, 7) is 6.39. The zero-order valence-electron chi connectivity index (χ0n) is 19.8. The number of carbonyl (C=O) groups excluding carboxylic acids is 2. The van der Waals surface area contributed by atoms with Crippen molar-refractivity contribution < 1.29 is 32.7 Å². The number of hydrogen-bond acceptors (Lipinski definition) is 4. The predicted molar refractivity (Wildman–Crippen MR) is 124 cm³/mol. The Hall–Kier alpha value is -3.40. The fraction of sp³-hybridized carbons (Fsp3) is 0.400. The zero-order chi connectivity index (χ0) is 26.0. The van der Waals surface area contributed by atoms with Crippen molar-refractivity contribution >= 4 is 23.5 Å². The van der Waals surface area contributed by atoms with E-state index in [9.17, 15) is 22.8 Å². The number of para-hydroxylation sites is 1. The number of halogens is 3. The molecule has 2 aliphatic heterocycles. The fourth-order valence-electron chi connectivity index (χ4n) is 4.55. The molecule has 0 radical (unpaired) electrons. The van der Waals surface area contributed by atoms with Gasteiger partial charge >= 0.3 is 12.1 Å². The van der Waals surface area contributed by atoms with Crippen molar-refractivity contribution in [3.63, 3.8) is 0 Å². The van der Waals surface area contributed by atoms with E-state index in [4.69, 9.17) is 9.90 Å². The predicted octanol–water partition coefficient (Wildman–Crippen LogP) is 3.50. The monoisotopic (exact) mass is 491 g/mol. The summed E-state index contributed by atoms with van der Waals surface area (Å²) in [6.07, 6.45) is -4.21. The summed E-state index contributed by atoms with van der Waals surface area (Å²) in [7, 11) is 2.00. The van der Waals surface area contributed by atoms with Gasteiger partial charge in [0.1, 0.15) is 0 Å². The van der Waals surface area contributed by atoms with Crippen LogP contribution in [0.4, 0.5) is 18.9 Å². The second-order valence-corrected chi connectivity index (χ2v) is 9.05. The fourth-order valence-corrected chi connectivity index (χ4v) is 4.55. The van der Waals surface area contributed by atoms with Gasteiger partial charge in [-0.2, -0.15) is 13.2 Å². The van der Waals surface area contributed by atoms with Crippen LogP contribution >= 0.6 is 0 Å². The van der Waals surface area contributed by atoms with Gasteiger partial charge in [-0.05, 0) is 51.6 Å². The summed E-state index contributed by atoms with van der Waals surface area (Å²) in [5.41, 5.74) is 3.70. The Morgan fingerprint density at radius 2 is 1.57 bits per heavy atom. The maximum atomic E-state index is 13.1. The number of anilines is 1. The number of likely N-dealkylation sites (N-methyl/N-ethyl adjacent to an activating group) is 1. The van der Waals surface area contributed by atoms with Crippen molar-refractivity contribution in [3.8, 4) is 0 Å². The molecule has 0 aromatic heterocycles. The lowest BCUT2D eigenvalue weighted by Crippen LogP contribution is -2.64. The van der Waals surface area contributed by atoms with Gasteiger partial charge in [-0.25, -0.2) is 4.79 Å². The van der Waals surface area contributed by atoms with Crippen molar-refractivity contribution in [1.29, 1.82) is 0 Å². The number of benzene rings is 2. The van der Waals surface area contributed by atoms with Crippen LogP contribution in [0, 0.1) is 13.8 Å². The van der Waals surface area contributed by atoms with E-state index in [0.29, 0.717) is 26.2 Å². The van der Waals surface area contributed by atoms with Crippen LogP contribution in [0.1, 0.15) is 27.9 Å². The topological polar surface area (TPSA) is 81.2 Å². The van der Waals surface area contributed by atoms with Gasteiger partial charge in [0.25, 0.3) is 5.91 Å². The molecule has 1 atom stereocenters. The first-order valence-corrected chi connectivity index (χ1v) is 11.1. The molecule has 2 fully saturated rings. The molecular formula is C25H28F3N3O4.